The fraction of sp³-hybridized carbons (Fsp3) is 0.409. The van der Waals surface area contributed by atoms with E-state index in [0.29, 0.717) is 24.4 Å². The van der Waals surface area contributed by atoms with Crippen LogP contribution in [-0.4, -0.2) is 75.3 Å². The van der Waals surface area contributed by atoms with Gasteiger partial charge in [0, 0.05) is 46.8 Å². The van der Waals surface area contributed by atoms with Crippen LogP contribution in [0.3, 0.4) is 0 Å². The molecule has 2 aromatic carbocycles. The van der Waals surface area contributed by atoms with Crippen molar-refractivity contribution in [2.45, 2.75) is 18.4 Å². The van der Waals surface area contributed by atoms with Gasteiger partial charge in [-0.05, 0) is 36.2 Å². The fourth-order valence-electron chi connectivity index (χ4n) is 3.38. The highest BCUT2D eigenvalue weighted by atomic mass is 32.2. The summed E-state index contributed by atoms with van der Waals surface area (Å²) < 4.78 is 31.3. The van der Waals surface area contributed by atoms with Gasteiger partial charge in [-0.2, -0.15) is 0 Å². The smallest absolute Gasteiger partial charge is 0.260 e. The minimum atomic E-state index is -3.49. The molecule has 3 rings (SSSR count). The molecule has 162 valence electrons. The fourth-order valence-corrected chi connectivity index (χ4v) is 4.37. The number of piperazine rings is 1. The zero-order valence-corrected chi connectivity index (χ0v) is 18.6. The molecule has 1 aliphatic rings. The Kier molecular flexibility index (Phi) is 7.12. The summed E-state index contributed by atoms with van der Waals surface area (Å²) >= 11 is 0. The Morgan fingerprint density at radius 3 is 2.30 bits per heavy atom. The van der Waals surface area contributed by atoms with E-state index in [1.54, 1.807) is 19.1 Å². The summed E-state index contributed by atoms with van der Waals surface area (Å²) in [7, 11) is -0.508. The molecule has 1 heterocycles. The first-order valence-electron chi connectivity index (χ1n) is 9.97. The van der Waals surface area contributed by atoms with Crippen LogP contribution >= 0.6 is 0 Å². The Hall–Kier alpha value is -2.42. The largest absolute Gasteiger partial charge is 0.483 e. The first kappa shape index (κ1) is 22.3. The lowest BCUT2D eigenvalue weighted by Crippen LogP contribution is -2.49. The van der Waals surface area contributed by atoms with E-state index in [2.05, 4.69) is 17.0 Å². The molecule has 0 aliphatic carbocycles. The van der Waals surface area contributed by atoms with E-state index in [4.69, 9.17) is 4.74 Å². The van der Waals surface area contributed by atoms with Crippen LogP contribution in [0.2, 0.25) is 0 Å². The minimum absolute atomic E-state index is 0.0562. The first-order chi connectivity index (χ1) is 14.3. The van der Waals surface area contributed by atoms with Gasteiger partial charge >= 0.3 is 0 Å². The third-order valence-electron chi connectivity index (χ3n) is 5.25. The van der Waals surface area contributed by atoms with Crippen LogP contribution in [0.4, 0.5) is 0 Å². The molecule has 0 aromatic heterocycles. The minimum Gasteiger partial charge on any atom is -0.483 e. The van der Waals surface area contributed by atoms with Crippen molar-refractivity contribution in [3.05, 3.63) is 59.7 Å². The molecular formula is C22H29N3O4S. The molecule has 0 atom stereocenters. The van der Waals surface area contributed by atoms with E-state index in [1.807, 2.05) is 23.1 Å². The molecule has 0 unspecified atom stereocenters. The number of benzene rings is 2. The van der Waals surface area contributed by atoms with Crippen LogP contribution in [0.5, 0.6) is 5.75 Å². The molecule has 1 amide bonds. The lowest BCUT2D eigenvalue weighted by atomic mass is 10.2. The summed E-state index contributed by atoms with van der Waals surface area (Å²) in [4.78, 5) is 16.9. The Morgan fingerprint density at radius 2 is 1.70 bits per heavy atom. The second kappa shape index (κ2) is 9.59. The number of carbonyl (C=O) groups is 1. The molecule has 1 aliphatic heterocycles. The molecular weight excluding hydrogens is 402 g/mol. The molecule has 0 radical (unpaired) electrons. The van der Waals surface area contributed by atoms with Crippen LogP contribution in [-0.2, 0) is 21.4 Å². The zero-order valence-electron chi connectivity index (χ0n) is 17.7. The Morgan fingerprint density at radius 1 is 1.03 bits per heavy atom. The van der Waals surface area contributed by atoms with Gasteiger partial charge in [0.25, 0.3) is 5.91 Å². The summed E-state index contributed by atoms with van der Waals surface area (Å²) in [5, 5.41) is 0. The summed E-state index contributed by atoms with van der Waals surface area (Å²) in [5.74, 6) is 0.461. The van der Waals surface area contributed by atoms with Crippen molar-refractivity contribution in [3.63, 3.8) is 0 Å². The van der Waals surface area contributed by atoms with Gasteiger partial charge in [-0.25, -0.2) is 12.7 Å². The van der Waals surface area contributed by atoms with Crippen molar-refractivity contribution >= 4 is 15.9 Å². The average molecular weight is 432 g/mol. The monoisotopic (exact) mass is 431 g/mol. The Bertz CT molecular complexity index is 969. The van der Waals surface area contributed by atoms with Crippen molar-refractivity contribution in [3.8, 4) is 5.75 Å². The standard InChI is InChI=1S/C22H29N3O4S/c1-18-15-20(30(27,28)23(2)3)9-10-21(18)29-17-22(26)25-13-11-24(12-14-25)16-19-7-5-4-6-8-19/h4-10,15H,11-14,16-17H2,1-3H3. The van der Waals surface area contributed by atoms with Gasteiger partial charge in [-0.15, -0.1) is 0 Å². The number of rotatable bonds is 7. The third kappa shape index (κ3) is 5.38. The van der Waals surface area contributed by atoms with Crippen molar-refractivity contribution in [1.29, 1.82) is 0 Å². The third-order valence-corrected chi connectivity index (χ3v) is 7.06. The summed E-state index contributed by atoms with van der Waals surface area (Å²) in [6.07, 6.45) is 0. The summed E-state index contributed by atoms with van der Waals surface area (Å²) in [6.45, 7) is 5.62. The summed E-state index contributed by atoms with van der Waals surface area (Å²) in [6, 6.07) is 15.0. The topological polar surface area (TPSA) is 70.2 Å². The maximum atomic E-state index is 12.5. The molecule has 7 nitrogen and oxygen atoms in total. The number of hydrogen-bond acceptors (Lipinski definition) is 5. The van der Waals surface area contributed by atoms with E-state index >= 15 is 0 Å². The van der Waals surface area contributed by atoms with Crippen molar-refractivity contribution < 1.29 is 17.9 Å². The molecule has 0 spiro atoms. The molecule has 30 heavy (non-hydrogen) atoms. The van der Waals surface area contributed by atoms with Crippen LogP contribution in [0.15, 0.2) is 53.4 Å². The second-order valence-electron chi connectivity index (χ2n) is 7.65. The van der Waals surface area contributed by atoms with Crippen molar-refractivity contribution in [1.82, 2.24) is 14.1 Å². The number of ether oxygens (including phenoxy) is 1. The Balaban J connectivity index is 1.50. The van der Waals surface area contributed by atoms with E-state index in [9.17, 15) is 13.2 Å². The quantitative estimate of drug-likeness (QED) is 0.670. The van der Waals surface area contributed by atoms with E-state index in [1.165, 1.54) is 30.0 Å². The molecule has 0 bridgehead atoms. The first-order valence-corrected chi connectivity index (χ1v) is 11.4. The van der Waals surface area contributed by atoms with Crippen LogP contribution < -0.4 is 4.74 Å². The van der Waals surface area contributed by atoms with E-state index in [0.717, 1.165) is 19.6 Å². The number of sulfonamides is 1. The van der Waals surface area contributed by atoms with Gasteiger partial charge in [0.2, 0.25) is 10.0 Å². The lowest BCUT2D eigenvalue weighted by molar-refractivity contribution is -0.135. The van der Waals surface area contributed by atoms with Gasteiger partial charge in [0.15, 0.2) is 6.61 Å². The van der Waals surface area contributed by atoms with Crippen LogP contribution in [0.25, 0.3) is 0 Å². The molecule has 1 fully saturated rings. The predicted octanol–water partition coefficient (Wildman–Crippen LogP) is 1.97. The average Bonchev–Trinajstić information content (AvgIpc) is 2.73. The molecule has 0 N–H and O–H groups in total. The lowest BCUT2D eigenvalue weighted by Gasteiger charge is -2.34. The highest BCUT2D eigenvalue weighted by Gasteiger charge is 2.22. The van der Waals surface area contributed by atoms with Gasteiger partial charge in [-0.3, -0.25) is 9.69 Å². The number of nitrogens with zero attached hydrogens (tertiary/aromatic N) is 3. The van der Waals surface area contributed by atoms with E-state index < -0.39 is 10.0 Å². The number of hydrogen-bond donors (Lipinski definition) is 0. The highest BCUT2D eigenvalue weighted by Crippen LogP contribution is 2.23. The molecule has 1 saturated heterocycles. The van der Waals surface area contributed by atoms with Gasteiger partial charge in [0.05, 0.1) is 4.90 Å². The van der Waals surface area contributed by atoms with Crippen molar-refractivity contribution in [2.75, 3.05) is 46.9 Å². The predicted molar refractivity (Wildman–Crippen MR) is 116 cm³/mol. The highest BCUT2D eigenvalue weighted by molar-refractivity contribution is 7.89. The maximum Gasteiger partial charge on any atom is 0.260 e. The molecule has 8 heteroatoms. The van der Waals surface area contributed by atoms with Crippen molar-refractivity contribution in [2.24, 2.45) is 0 Å². The molecule has 2 aromatic rings. The van der Waals surface area contributed by atoms with Gasteiger partial charge in [0.1, 0.15) is 5.75 Å². The van der Waals surface area contributed by atoms with Gasteiger partial charge in [-0.1, -0.05) is 30.3 Å². The SMILES string of the molecule is Cc1cc(S(=O)(=O)N(C)C)ccc1OCC(=O)N1CCN(Cc2ccccc2)CC1. The summed E-state index contributed by atoms with van der Waals surface area (Å²) in [5.41, 5.74) is 1.95. The Labute approximate surface area is 178 Å². The number of amides is 1. The zero-order chi connectivity index (χ0) is 21.7. The van der Waals surface area contributed by atoms with E-state index in [-0.39, 0.29) is 17.4 Å². The van der Waals surface area contributed by atoms with Crippen LogP contribution in [0, 0.1) is 6.92 Å². The van der Waals surface area contributed by atoms with Crippen LogP contribution in [0.1, 0.15) is 11.1 Å². The molecule has 0 saturated carbocycles. The number of carbonyl (C=O) groups excluding carboxylic acids is 1. The second-order valence-corrected chi connectivity index (χ2v) is 9.80. The normalized spacial score (nSPS) is 15.4. The maximum absolute atomic E-state index is 12.5. The number of aryl methyl sites for hydroxylation is 1. The van der Waals surface area contributed by atoms with Gasteiger partial charge < -0.3 is 9.64 Å².